The maximum Gasteiger partial charge on any atom is 0.344 e. The molecule has 1 amide bonds. The zero-order valence-corrected chi connectivity index (χ0v) is 17.5. The van der Waals surface area contributed by atoms with Crippen LogP contribution in [-0.2, 0) is 4.79 Å². The number of hydrogen-bond donors (Lipinski definition) is 1. The Labute approximate surface area is 180 Å². The lowest BCUT2D eigenvalue weighted by molar-refractivity contribution is -0.111. The zero-order chi connectivity index (χ0) is 21.8. The molecule has 0 saturated heterocycles. The number of nitrogens with one attached hydrogen (secondary N) is 1. The summed E-state index contributed by atoms with van der Waals surface area (Å²) in [5.74, 6) is 0.260. The number of anilines is 1. The van der Waals surface area contributed by atoms with Gasteiger partial charge < -0.3 is 9.73 Å². The molecule has 0 atom stereocenters. The van der Waals surface area contributed by atoms with Crippen LogP contribution in [0.4, 0.5) is 5.69 Å². The van der Waals surface area contributed by atoms with Crippen molar-refractivity contribution in [2.45, 2.75) is 19.8 Å². The summed E-state index contributed by atoms with van der Waals surface area (Å²) in [6.45, 7) is 4.30. The van der Waals surface area contributed by atoms with Crippen molar-refractivity contribution in [1.29, 1.82) is 0 Å². The molecule has 1 aromatic heterocycles. The first kappa shape index (κ1) is 20.4. The molecule has 0 aliphatic rings. The lowest BCUT2D eigenvalue weighted by Gasteiger charge is -2.06. The number of amides is 1. The van der Waals surface area contributed by atoms with E-state index in [0.29, 0.717) is 22.8 Å². The topological polar surface area (TPSA) is 59.3 Å². The number of carbonyl (C=O) groups excluding carboxylic acids is 1. The molecule has 4 aromatic rings. The Kier molecular flexibility index (Phi) is 5.80. The quantitative estimate of drug-likeness (QED) is 0.314. The van der Waals surface area contributed by atoms with Crippen LogP contribution in [0.25, 0.3) is 28.2 Å². The molecule has 4 rings (SSSR count). The third-order valence-corrected chi connectivity index (χ3v) is 5.14. The molecule has 0 bridgehead atoms. The first-order valence-corrected chi connectivity index (χ1v) is 10.2. The van der Waals surface area contributed by atoms with E-state index >= 15 is 0 Å². The molecule has 4 nitrogen and oxygen atoms in total. The van der Waals surface area contributed by atoms with Crippen molar-refractivity contribution in [1.82, 2.24) is 0 Å². The Hall–Kier alpha value is -3.92. The monoisotopic (exact) mass is 409 g/mol. The molecule has 0 saturated carbocycles. The highest BCUT2D eigenvalue weighted by Crippen LogP contribution is 2.22. The Morgan fingerprint density at radius 2 is 1.65 bits per heavy atom. The van der Waals surface area contributed by atoms with Crippen molar-refractivity contribution in [2.75, 3.05) is 5.32 Å². The van der Waals surface area contributed by atoms with Gasteiger partial charge in [-0.1, -0.05) is 68.4 Å². The minimum Gasteiger partial charge on any atom is -0.422 e. The van der Waals surface area contributed by atoms with E-state index < -0.39 is 0 Å². The van der Waals surface area contributed by atoms with Gasteiger partial charge in [0.05, 0.1) is 5.56 Å². The lowest BCUT2D eigenvalue weighted by atomic mass is 10.0. The van der Waals surface area contributed by atoms with E-state index in [4.69, 9.17) is 4.42 Å². The number of para-hydroxylation sites is 1. The Morgan fingerprint density at radius 3 is 2.35 bits per heavy atom. The molecular weight excluding hydrogens is 386 g/mol. The molecule has 3 aromatic carbocycles. The van der Waals surface area contributed by atoms with Gasteiger partial charge in [-0.05, 0) is 52.9 Å². The maximum absolute atomic E-state index is 12.3. The van der Waals surface area contributed by atoms with Gasteiger partial charge in [-0.2, -0.15) is 0 Å². The lowest BCUT2D eigenvalue weighted by Crippen LogP contribution is -2.08. The van der Waals surface area contributed by atoms with Crippen molar-refractivity contribution in [3.05, 3.63) is 106 Å². The minimum atomic E-state index is -0.387. The van der Waals surface area contributed by atoms with Gasteiger partial charge in [0.15, 0.2) is 0 Å². The molecular formula is C27H23NO3. The van der Waals surface area contributed by atoms with Gasteiger partial charge in [0.2, 0.25) is 5.91 Å². The zero-order valence-electron chi connectivity index (χ0n) is 17.5. The second kappa shape index (κ2) is 8.84. The average Bonchev–Trinajstić information content (AvgIpc) is 2.78. The summed E-state index contributed by atoms with van der Waals surface area (Å²) in [5, 5.41) is 3.70. The summed E-state index contributed by atoms with van der Waals surface area (Å²) in [7, 11) is 0. The fraction of sp³-hybridized carbons (Fsp3) is 0.111. The SMILES string of the molecule is CC(C)c1ccc(/C=C/C(=O)Nc2ccc(-c3cc4ccccc4oc3=O)cc2)cc1. The third-order valence-electron chi connectivity index (χ3n) is 5.14. The second-order valence-electron chi connectivity index (χ2n) is 7.71. The summed E-state index contributed by atoms with van der Waals surface area (Å²) >= 11 is 0. The molecule has 0 aliphatic heterocycles. The molecule has 1 heterocycles. The van der Waals surface area contributed by atoms with Crippen molar-refractivity contribution >= 4 is 28.6 Å². The normalized spacial score (nSPS) is 11.3. The van der Waals surface area contributed by atoms with Crippen LogP contribution in [0, 0.1) is 0 Å². The highest BCUT2D eigenvalue weighted by Gasteiger charge is 2.08. The molecule has 154 valence electrons. The van der Waals surface area contributed by atoms with Crippen molar-refractivity contribution in [3.8, 4) is 11.1 Å². The second-order valence-corrected chi connectivity index (χ2v) is 7.71. The van der Waals surface area contributed by atoms with Gasteiger partial charge in [0, 0.05) is 17.1 Å². The fourth-order valence-corrected chi connectivity index (χ4v) is 3.34. The molecule has 0 aliphatic carbocycles. The van der Waals surface area contributed by atoms with Crippen molar-refractivity contribution < 1.29 is 9.21 Å². The first-order valence-electron chi connectivity index (χ1n) is 10.2. The molecule has 0 spiro atoms. The van der Waals surface area contributed by atoms with Gasteiger partial charge in [-0.25, -0.2) is 4.79 Å². The summed E-state index contributed by atoms with van der Waals surface area (Å²) in [6, 6.07) is 24.5. The molecule has 0 fully saturated rings. The number of hydrogen-bond acceptors (Lipinski definition) is 3. The largest absolute Gasteiger partial charge is 0.422 e. The van der Waals surface area contributed by atoms with Gasteiger partial charge in [0.25, 0.3) is 0 Å². The Balaban J connectivity index is 1.45. The van der Waals surface area contributed by atoms with E-state index in [1.54, 1.807) is 36.4 Å². The average molecular weight is 409 g/mol. The van der Waals surface area contributed by atoms with Gasteiger partial charge in [-0.15, -0.1) is 0 Å². The number of carbonyl (C=O) groups is 1. The van der Waals surface area contributed by atoms with Crippen LogP contribution in [-0.4, -0.2) is 5.91 Å². The van der Waals surface area contributed by atoms with Gasteiger partial charge in [0.1, 0.15) is 5.58 Å². The van der Waals surface area contributed by atoms with E-state index in [-0.39, 0.29) is 11.5 Å². The minimum absolute atomic E-state index is 0.217. The van der Waals surface area contributed by atoms with E-state index in [0.717, 1.165) is 16.5 Å². The molecule has 1 N–H and O–H groups in total. The summed E-state index contributed by atoms with van der Waals surface area (Å²) < 4.78 is 5.40. The summed E-state index contributed by atoms with van der Waals surface area (Å²) in [6.07, 6.45) is 3.30. The van der Waals surface area contributed by atoms with E-state index in [9.17, 15) is 9.59 Å². The summed E-state index contributed by atoms with van der Waals surface area (Å²) in [5.41, 5.74) is 4.28. The smallest absolute Gasteiger partial charge is 0.344 e. The van der Waals surface area contributed by atoms with Crippen molar-refractivity contribution in [2.24, 2.45) is 0 Å². The maximum atomic E-state index is 12.3. The molecule has 31 heavy (non-hydrogen) atoms. The molecule has 4 heteroatoms. The van der Waals surface area contributed by atoms with Crippen LogP contribution in [0.5, 0.6) is 0 Å². The Bertz CT molecular complexity index is 1300. The van der Waals surface area contributed by atoms with E-state index in [1.165, 1.54) is 11.6 Å². The third kappa shape index (κ3) is 4.81. The summed E-state index contributed by atoms with van der Waals surface area (Å²) in [4.78, 5) is 24.6. The van der Waals surface area contributed by atoms with E-state index in [1.807, 2.05) is 36.4 Å². The standard InChI is InChI=1S/C27H23NO3/c1-18(2)20-10-7-19(8-11-20)9-16-26(29)28-23-14-12-21(13-15-23)24-17-22-5-3-4-6-25(22)31-27(24)30/h3-18H,1-2H3,(H,28,29)/b16-9+. The van der Waals surface area contributed by atoms with Crippen LogP contribution >= 0.6 is 0 Å². The van der Waals surface area contributed by atoms with Crippen LogP contribution < -0.4 is 10.9 Å². The number of fused-ring (bicyclic) bond motifs is 1. The van der Waals surface area contributed by atoms with E-state index in [2.05, 4.69) is 31.3 Å². The fourth-order valence-electron chi connectivity index (χ4n) is 3.34. The van der Waals surface area contributed by atoms with Crippen LogP contribution in [0.15, 0.2) is 94.2 Å². The predicted molar refractivity (Wildman–Crippen MR) is 126 cm³/mol. The first-order chi connectivity index (χ1) is 15.0. The van der Waals surface area contributed by atoms with Crippen LogP contribution in [0.1, 0.15) is 30.9 Å². The number of rotatable bonds is 5. The molecule has 0 unspecified atom stereocenters. The predicted octanol–water partition coefficient (Wildman–Crippen LogP) is 6.24. The molecule has 0 radical (unpaired) electrons. The van der Waals surface area contributed by atoms with Crippen LogP contribution in [0.2, 0.25) is 0 Å². The van der Waals surface area contributed by atoms with Gasteiger partial charge >= 0.3 is 5.63 Å². The highest BCUT2D eigenvalue weighted by molar-refractivity contribution is 6.02. The van der Waals surface area contributed by atoms with Crippen LogP contribution in [0.3, 0.4) is 0 Å². The highest BCUT2D eigenvalue weighted by atomic mass is 16.4. The number of benzene rings is 3. The Morgan fingerprint density at radius 1 is 0.935 bits per heavy atom. The van der Waals surface area contributed by atoms with Gasteiger partial charge in [-0.3, -0.25) is 4.79 Å². The van der Waals surface area contributed by atoms with Crippen molar-refractivity contribution in [3.63, 3.8) is 0 Å².